The molecule has 0 amide bonds. The molecule has 0 radical (unpaired) electrons. The molecule has 0 N–H and O–H groups in total. The lowest BCUT2D eigenvalue weighted by Crippen LogP contribution is -2.49. The Morgan fingerprint density at radius 2 is 1.70 bits per heavy atom. The normalized spacial score (nSPS) is 16.5. The summed E-state index contributed by atoms with van der Waals surface area (Å²) in [4.78, 5) is 10.7. The summed E-state index contributed by atoms with van der Waals surface area (Å²) in [6, 6.07) is 6.71. The van der Waals surface area contributed by atoms with Crippen molar-refractivity contribution in [2.45, 2.75) is 11.8 Å². The summed E-state index contributed by atoms with van der Waals surface area (Å²) in [6.07, 6.45) is 3.36. The highest BCUT2D eigenvalue weighted by atomic mass is 35.5. The largest absolute Gasteiger partial charge is 0.338 e. The lowest BCUT2D eigenvalue weighted by Gasteiger charge is -2.34. The van der Waals surface area contributed by atoms with Crippen LogP contribution in [0.25, 0.3) is 0 Å². The third kappa shape index (κ3) is 3.17. The Morgan fingerprint density at radius 1 is 1.04 bits per heavy atom. The first-order valence-corrected chi connectivity index (χ1v) is 9.09. The molecule has 1 aromatic carbocycles. The van der Waals surface area contributed by atoms with E-state index in [1.165, 1.54) is 4.31 Å². The van der Waals surface area contributed by atoms with Gasteiger partial charge in [-0.1, -0.05) is 17.7 Å². The smallest absolute Gasteiger partial charge is 0.243 e. The molecular formula is C15H17ClN4O2S. The van der Waals surface area contributed by atoms with Gasteiger partial charge in [0.2, 0.25) is 16.0 Å². The van der Waals surface area contributed by atoms with E-state index < -0.39 is 10.0 Å². The first-order valence-electron chi connectivity index (χ1n) is 7.27. The summed E-state index contributed by atoms with van der Waals surface area (Å²) in [5.41, 5.74) is 0.586. The van der Waals surface area contributed by atoms with Crippen LogP contribution in [0.1, 0.15) is 5.56 Å². The Bertz CT molecular complexity index is 790. The second kappa shape index (κ2) is 6.43. The van der Waals surface area contributed by atoms with Crippen molar-refractivity contribution in [3.8, 4) is 0 Å². The molecule has 3 rings (SSSR count). The average molecular weight is 353 g/mol. The van der Waals surface area contributed by atoms with Gasteiger partial charge in [-0.15, -0.1) is 0 Å². The summed E-state index contributed by atoms with van der Waals surface area (Å²) in [5.74, 6) is 0.628. The molecule has 2 heterocycles. The average Bonchev–Trinajstić information content (AvgIpc) is 2.58. The van der Waals surface area contributed by atoms with Gasteiger partial charge in [0.15, 0.2) is 0 Å². The number of rotatable bonds is 3. The van der Waals surface area contributed by atoms with Crippen molar-refractivity contribution in [3.05, 3.63) is 47.2 Å². The first kappa shape index (κ1) is 16.2. The van der Waals surface area contributed by atoms with Crippen LogP contribution in [0, 0.1) is 6.92 Å². The summed E-state index contributed by atoms with van der Waals surface area (Å²) >= 11 is 6.05. The summed E-state index contributed by atoms with van der Waals surface area (Å²) in [5, 5.41) is 0.461. The van der Waals surface area contributed by atoms with Crippen molar-refractivity contribution in [1.29, 1.82) is 0 Å². The Morgan fingerprint density at radius 3 is 2.35 bits per heavy atom. The number of benzene rings is 1. The van der Waals surface area contributed by atoms with Gasteiger partial charge in [0.25, 0.3) is 0 Å². The molecule has 1 saturated heterocycles. The van der Waals surface area contributed by atoms with Crippen LogP contribution in [0.15, 0.2) is 41.6 Å². The Labute approximate surface area is 140 Å². The van der Waals surface area contributed by atoms with Gasteiger partial charge >= 0.3 is 0 Å². The third-order valence-corrected chi connectivity index (χ3v) is 6.36. The molecule has 6 nitrogen and oxygen atoms in total. The highest BCUT2D eigenvalue weighted by Gasteiger charge is 2.30. The van der Waals surface area contributed by atoms with Gasteiger partial charge in [0, 0.05) is 43.6 Å². The van der Waals surface area contributed by atoms with Crippen molar-refractivity contribution in [2.75, 3.05) is 31.1 Å². The number of nitrogens with zero attached hydrogens (tertiary/aromatic N) is 4. The summed E-state index contributed by atoms with van der Waals surface area (Å²) in [7, 11) is -3.54. The number of aromatic nitrogens is 2. The second-order valence-corrected chi connectivity index (χ2v) is 7.62. The number of sulfonamides is 1. The zero-order valence-corrected chi connectivity index (χ0v) is 14.3. The van der Waals surface area contributed by atoms with E-state index in [4.69, 9.17) is 11.6 Å². The highest BCUT2D eigenvalue weighted by Crippen LogP contribution is 2.26. The molecular weight excluding hydrogens is 336 g/mol. The molecule has 1 fully saturated rings. The molecule has 8 heteroatoms. The van der Waals surface area contributed by atoms with Gasteiger partial charge in [-0.05, 0) is 30.7 Å². The van der Waals surface area contributed by atoms with Crippen LogP contribution in [-0.2, 0) is 10.0 Å². The van der Waals surface area contributed by atoms with E-state index in [1.54, 1.807) is 43.6 Å². The zero-order valence-electron chi connectivity index (χ0n) is 12.7. The molecule has 0 saturated carbocycles. The van der Waals surface area contributed by atoms with E-state index in [1.807, 2.05) is 4.90 Å². The maximum Gasteiger partial charge on any atom is 0.243 e. The molecule has 0 bridgehead atoms. The van der Waals surface area contributed by atoms with Crippen LogP contribution in [0.2, 0.25) is 5.02 Å². The van der Waals surface area contributed by atoms with Gasteiger partial charge in [-0.25, -0.2) is 18.4 Å². The molecule has 1 aliphatic heterocycles. The van der Waals surface area contributed by atoms with Crippen LogP contribution in [0.5, 0.6) is 0 Å². The third-order valence-electron chi connectivity index (χ3n) is 3.91. The summed E-state index contributed by atoms with van der Waals surface area (Å²) in [6.45, 7) is 3.63. The SMILES string of the molecule is Cc1c(Cl)cccc1S(=O)(=O)N1CCN(c2ncccn2)CC1. The van der Waals surface area contributed by atoms with Crippen LogP contribution in [-0.4, -0.2) is 48.9 Å². The Hall–Kier alpha value is -1.70. The Balaban J connectivity index is 1.78. The number of piperazine rings is 1. The zero-order chi connectivity index (χ0) is 16.4. The van der Waals surface area contributed by atoms with Crippen molar-refractivity contribution in [2.24, 2.45) is 0 Å². The number of halogens is 1. The van der Waals surface area contributed by atoms with Crippen LogP contribution in [0.3, 0.4) is 0 Å². The van der Waals surface area contributed by atoms with Crippen LogP contribution < -0.4 is 4.90 Å². The molecule has 2 aromatic rings. The van der Waals surface area contributed by atoms with E-state index in [0.717, 1.165) is 0 Å². The van der Waals surface area contributed by atoms with E-state index in [2.05, 4.69) is 9.97 Å². The lowest BCUT2D eigenvalue weighted by molar-refractivity contribution is 0.382. The fourth-order valence-electron chi connectivity index (χ4n) is 2.59. The second-order valence-electron chi connectivity index (χ2n) is 5.30. The maximum absolute atomic E-state index is 12.8. The van der Waals surface area contributed by atoms with Gasteiger partial charge in [-0.3, -0.25) is 0 Å². The van der Waals surface area contributed by atoms with E-state index in [0.29, 0.717) is 42.7 Å². The van der Waals surface area contributed by atoms with Crippen molar-refractivity contribution in [1.82, 2.24) is 14.3 Å². The first-order chi connectivity index (χ1) is 11.0. The molecule has 0 spiro atoms. The van der Waals surface area contributed by atoms with Crippen LogP contribution >= 0.6 is 11.6 Å². The number of hydrogen-bond acceptors (Lipinski definition) is 5. The Kier molecular flexibility index (Phi) is 4.52. The number of anilines is 1. The fourth-order valence-corrected chi connectivity index (χ4v) is 4.49. The van der Waals surface area contributed by atoms with Crippen molar-refractivity contribution in [3.63, 3.8) is 0 Å². The van der Waals surface area contributed by atoms with E-state index in [-0.39, 0.29) is 4.90 Å². The topological polar surface area (TPSA) is 66.4 Å². The fraction of sp³-hybridized carbons (Fsp3) is 0.333. The minimum atomic E-state index is -3.54. The lowest BCUT2D eigenvalue weighted by atomic mass is 10.2. The molecule has 1 aromatic heterocycles. The molecule has 23 heavy (non-hydrogen) atoms. The molecule has 0 atom stereocenters. The standard InChI is InChI=1S/C15H17ClN4O2S/c1-12-13(16)4-2-5-14(12)23(21,22)20-10-8-19(9-11-20)15-17-6-3-7-18-15/h2-7H,8-11H2,1H3. The van der Waals surface area contributed by atoms with Crippen molar-refractivity contribution < 1.29 is 8.42 Å². The molecule has 1 aliphatic rings. The van der Waals surface area contributed by atoms with Gasteiger partial charge in [0.05, 0.1) is 4.90 Å². The monoisotopic (exact) mass is 352 g/mol. The highest BCUT2D eigenvalue weighted by molar-refractivity contribution is 7.89. The van der Waals surface area contributed by atoms with Gasteiger partial charge < -0.3 is 4.90 Å². The van der Waals surface area contributed by atoms with Crippen LogP contribution in [0.4, 0.5) is 5.95 Å². The maximum atomic E-state index is 12.8. The van der Waals surface area contributed by atoms with Gasteiger partial charge in [0.1, 0.15) is 0 Å². The van der Waals surface area contributed by atoms with E-state index >= 15 is 0 Å². The van der Waals surface area contributed by atoms with Crippen molar-refractivity contribution >= 4 is 27.6 Å². The minimum Gasteiger partial charge on any atom is -0.338 e. The van der Waals surface area contributed by atoms with Gasteiger partial charge in [-0.2, -0.15) is 4.31 Å². The minimum absolute atomic E-state index is 0.273. The predicted octanol–water partition coefficient (Wildman–Crippen LogP) is 1.95. The predicted molar refractivity (Wildman–Crippen MR) is 89.2 cm³/mol. The summed E-state index contributed by atoms with van der Waals surface area (Å²) < 4.78 is 27.1. The quantitative estimate of drug-likeness (QED) is 0.844. The molecule has 0 unspecified atom stereocenters. The van der Waals surface area contributed by atoms with E-state index in [9.17, 15) is 8.42 Å². The molecule has 0 aliphatic carbocycles. The number of hydrogen-bond donors (Lipinski definition) is 0. The molecule has 122 valence electrons.